The van der Waals surface area contributed by atoms with Crippen LogP contribution >= 0.6 is 12.6 Å². The van der Waals surface area contributed by atoms with Crippen molar-refractivity contribution in [1.82, 2.24) is 19.5 Å². The summed E-state index contributed by atoms with van der Waals surface area (Å²) in [5.74, 6) is 0. The predicted molar refractivity (Wildman–Crippen MR) is 65.6 cm³/mol. The van der Waals surface area contributed by atoms with Crippen molar-refractivity contribution < 1.29 is 20.1 Å². The molecular formula is C10H12N4O4S. The highest BCUT2D eigenvalue weighted by Gasteiger charge is 2.43. The summed E-state index contributed by atoms with van der Waals surface area (Å²) in [5.41, 5.74) is 0.915. The molecule has 2 aromatic rings. The van der Waals surface area contributed by atoms with E-state index in [4.69, 9.17) is 9.84 Å². The molecule has 102 valence electrons. The van der Waals surface area contributed by atoms with Gasteiger partial charge in [0, 0.05) is 0 Å². The molecule has 0 aliphatic carbocycles. The Labute approximate surface area is 113 Å². The quantitative estimate of drug-likeness (QED) is 0.401. The summed E-state index contributed by atoms with van der Waals surface area (Å²) in [6.07, 6.45) is -1.28. The summed E-state index contributed by atoms with van der Waals surface area (Å²) in [5, 5.41) is 29.2. The predicted octanol–water partition coefficient (Wildman–Crippen LogP) is -1.27. The Balaban J connectivity index is 2.04. The van der Waals surface area contributed by atoms with E-state index in [0.717, 1.165) is 0 Å². The molecule has 0 bridgehead atoms. The zero-order chi connectivity index (χ0) is 13.6. The van der Waals surface area contributed by atoms with E-state index in [0.29, 0.717) is 16.2 Å². The van der Waals surface area contributed by atoms with Crippen molar-refractivity contribution in [2.75, 3.05) is 6.61 Å². The number of aromatic nitrogens is 4. The minimum Gasteiger partial charge on any atom is -0.394 e. The molecule has 0 aromatic carbocycles. The average Bonchev–Trinajstić information content (AvgIpc) is 2.94. The number of aliphatic hydroxyl groups excluding tert-OH is 3. The first-order valence-electron chi connectivity index (χ1n) is 5.62. The Morgan fingerprint density at radius 1 is 1.26 bits per heavy atom. The fourth-order valence-corrected chi connectivity index (χ4v) is 2.35. The number of aliphatic hydroxyl groups is 3. The average molecular weight is 284 g/mol. The maximum Gasteiger partial charge on any atom is 0.166 e. The van der Waals surface area contributed by atoms with Crippen molar-refractivity contribution >= 4 is 23.8 Å². The van der Waals surface area contributed by atoms with Crippen molar-refractivity contribution in [2.24, 2.45) is 0 Å². The number of nitrogens with zero attached hydrogens (tertiary/aromatic N) is 4. The van der Waals surface area contributed by atoms with E-state index in [1.54, 1.807) is 0 Å². The first-order chi connectivity index (χ1) is 9.13. The van der Waals surface area contributed by atoms with Crippen molar-refractivity contribution in [1.29, 1.82) is 0 Å². The van der Waals surface area contributed by atoms with Crippen LogP contribution in [0.5, 0.6) is 0 Å². The molecule has 3 heterocycles. The monoisotopic (exact) mass is 284 g/mol. The molecule has 0 amide bonds. The minimum absolute atomic E-state index is 0.381. The number of hydrogen-bond donors (Lipinski definition) is 4. The lowest BCUT2D eigenvalue weighted by molar-refractivity contribution is -0.0511. The van der Waals surface area contributed by atoms with Crippen LogP contribution in [0.15, 0.2) is 17.7 Å². The van der Waals surface area contributed by atoms with Gasteiger partial charge >= 0.3 is 0 Å². The van der Waals surface area contributed by atoms with E-state index in [9.17, 15) is 10.2 Å². The van der Waals surface area contributed by atoms with E-state index in [-0.39, 0.29) is 6.61 Å². The van der Waals surface area contributed by atoms with Gasteiger partial charge in [0.25, 0.3) is 0 Å². The zero-order valence-corrected chi connectivity index (χ0v) is 10.6. The van der Waals surface area contributed by atoms with Crippen LogP contribution in [-0.2, 0) is 4.74 Å². The van der Waals surface area contributed by atoms with Crippen molar-refractivity contribution in [2.45, 2.75) is 29.6 Å². The Bertz CT molecular complexity index is 606. The van der Waals surface area contributed by atoms with Gasteiger partial charge < -0.3 is 20.1 Å². The van der Waals surface area contributed by atoms with Crippen LogP contribution in [0.1, 0.15) is 6.23 Å². The molecule has 19 heavy (non-hydrogen) atoms. The van der Waals surface area contributed by atoms with Crippen molar-refractivity contribution in [3.8, 4) is 0 Å². The highest BCUT2D eigenvalue weighted by molar-refractivity contribution is 7.80. The molecule has 3 N–H and O–H groups in total. The van der Waals surface area contributed by atoms with Gasteiger partial charge in [-0.15, -0.1) is 12.6 Å². The third-order valence-electron chi connectivity index (χ3n) is 3.13. The fraction of sp³-hybridized carbons (Fsp3) is 0.500. The summed E-state index contributed by atoms with van der Waals surface area (Å²) in [6.45, 7) is -0.381. The standard InChI is InChI=1S/C10H12N4O4S/c15-1-4-6(16)7(17)10(18-4)14-3-13-5-8(14)11-2-12-9(5)19/h2-4,6-7,10,15-17H,1H2,(H,11,12,19)/t4-,6-,7-,10-/m1/s1. The van der Waals surface area contributed by atoms with E-state index >= 15 is 0 Å². The molecule has 2 aromatic heterocycles. The van der Waals surface area contributed by atoms with Gasteiger partial charge in [-0.2, -0.15) is 0 Å². The van der Waals surface area contributed by atoms with Crippen molar-refractivity contribution in [3.63, 3.8) is 0 Å². The largest absolute Gasteiger partial charge is 0.394 e. The second-order valence-electron chi connectivity index (χ2n) is 4.25. The van der Waals surface area contributed by atoms with E-state index in [2.05, 4.69) is 27.6 Å². The Morgan fingerprint density at radius 2 is 2.05 bits per heavy atom. The molecule has 0 spiro atoms. The number of hydrogen-bond acceptors (Lipinski definition) is 8. The van der Waals surface area contributed by atoms with Crippen LogP contribution in [0.4, 0.5) is 0 Å². The van der Waals surface area contributed by atoms with Crippen LogP contribution in [0.2, 0.25) is 0 Å². The van der Waals surface area contributed by atoms with Gasteiger partial charge in [-0.3, -0.25) is 4.57 Å². The third kappa shape index (κ3) is 1.90. The number of fused-ring (bicyclic) bond motifs is 1. The topological polar surface area (TPSA) is 114 Å². The van der Waals surface area contributed by atoms with Gasteiger partial charge in [0.1, 0.15) is 35.2 Å². The SMILES string of the molecule is OC[C@H]1O[C@@H](n2cnc3c(S)ncnc32)[C@H](O)[C@@H]1O. The Kier molecular flexibility index (Phi) is 3.15. The molecule has 1 aliphatic heterocycles. The fourth-order valence-electron chi connectivity index (χ4n) is 2.14. The van der Waals surface area contributed by atoms with Crippen LogP contribution in [-0.4, -0.2) is 59.8 Å². The number of thiol groups is 1. The normalized spacial score (nSPS) is 31.2. The second kappa shape index (κ2) is 4.69. The van der Waals surface area contributed by atoms with Crippen LogP contribution in [0.25, 0.3) is 11.2 Å². The smallest absolute Gasteiger partial charge is 0.166 e. The lowest BCUT2D eigenvalue weighted by Crippen LogP contribution is -2.33. The summed E-state index contributed by atoms with van der Waals surface area (Å²) in [7, 11) is 0. The maximum atomic E-state index is 9.96. The van der Waals surface area contributed by atoms with Crippen LogP contribution in [0.3, 0.4) is 0 Å². The number of ether oxygens (including phenoxy) is 1. The lowest BCUT2D eigenvalue weighted by atomic mass is 10.1. The molecule has 9 heteroatoms. The van der Waals surface area contributed by atoms with E-state index < -0.39 is 24.5 Å². The van der Waals surface area contributed by atoms with Gasteiger partial charge in [0.2, 0.25) is 0 Å². The molecule has 1 saturated heterocycles. The summed E-state index contributed by atoms with van der Waals surface area (Å²) < 4.78 is 6.90. The van der Waals surface area contributed by atoms with Crippen LogP contribution in [0, 0.1) is 0 Å². The molecule has 4 atom stereocenters. The molecule has 0 unspecified atom stereocenters. The molecule has 1 fully saturated rings. The summed E-state index contributed by atoms with van der Waals surface area (Å²) in [4.78, 5) is 12.1. The van der Waals surface area contributed by atoms with Gasteiger partial charge in [0.15, 0.2) is 11.9 Å². The first-order valence-corrected chi connectivity index (χ1v) is 6.07. The Morgan fingerprint density at radius 3 is 2.74 bits per heavy atom. The molecule has 0 radical (unpaired) electrons. The summed E-state index contributed by atoms with van der Waals surface area (Å²) in [6, 6.07) is 0. The minimum atomic E-state index is -1.17. The molecule has 8 nitrogen and oxygen atoms in total. The highest BCUT2D eigenvalue weighted by Crippen LogP contribution is 2.31. The lowest BCUT2D eigenvalue weighted by Gasteiger charge is -2.16. The van der Waals surface area contributed by atoms with E-state index in [1.165, 1.54) is 17.2 Å². The third-order valence-corrected chi connectivity index (χ3v) is 3.46. The van der Waals surface area contributed by atoms with Gasteiger partial charge in [-0.25, -0.2) is 15.0 Å². The number of imidazole rings is 1. The molecule has 0 saturated carbocycles. The number of rotatable bonds is 2. The maximum absolute atomic E-state index is 9.96. The zero-order valence-electron chi connectivity index (χ0n) is 9.66. The molecule has 1 aliphatic rings. The molecular weight excluding hydrogens is 272 g/mol. The van der Waals surface area contributed by atoms with Gasteiger partial charge in [0.05, 0.1) is 12.9 Å². The van der Waals surface area contributed by atoms with Crippen LogP contribution < -0.4 is 0 Å². The second-order valence-corrected chi connectivity index (χ2v) is 4.67. The summed E-state index contributed by atoms with van der Waals surface area (Å²) >= 11 is 4.16. The van der Waals surface area contributed by atoms with Gasteiger partial charge in [-0.05, 0) is 0 Å². The first kappa shape index (κ1) is 12.8. The van der Waals surface area contributed by atoms with Gasteiger partial charge in [-0.1, -0.05) is 0 Å². The van der Waals surface area contributed by atoms with Crippen molar-refractivity contribution in [3.05, 3.63) is 12.7 Å². The highest BCUT2D eigenvalue weighted by atomic mass is 32.1. The van der Waals surface area contributed by atoms with E-state index in [1.807, 2.05) is 0 Å². The molecule has 3 rings (SSSR count). The Hall–Kier alpha value is -1.26.